The summed E-state index contributed by atoms with van der Waals surface area (Å²) < 4.78 is 11.2. The van der Waals surface area contributed by atoms with Crippen LogP contribution in [0.3, 0.4) is 0 Å². The molecule has 0 fully saturated rings. The first kappa shape index (κ1) is 23.7. The molecule has 5 nitrogen and oxygen atoms in total. The third-order valence-corrected chi connectivity index (χ3v) is 8.57. The summed E-state index contributed by atoms with van der Waals surface area (Å²) in [6.07, 6.45) is 5.95. The highest BCUT2D eigenvalue weighted by Crippen LogP contribution is 2.61. The standard InChI is InChI=1S/C32H30O5/c1-17(33)37-26-11-18-15-36-16-22(18)27-20(26)12-23-29(27)28-21(14-31(23,2)3)30(25(35)13-24(28)34)32(4,5)19-9-7-6-8-10-19/h6-12,15-16,29-30H,13-14H2,1-5H3. The molecule has 3 aliphatic carbocycles. The number of hydrogen-bond acceptors (Lipinski definition) is 5. The summed E-state index contributed by atoms with van der Waals surface area (Å²) in [7, 11) is 0. The third-order valence-electron chi connectivity index (χ3n) is 8.57. The number of carbonyl (C=O) groups excluding carboxylic acids is 3. The Morgan fingerprint density at radius 1 is 1.11 bits per heavy atom. The van der Waals surface area contributed by atoms with Crippen molar-refractivity contribution < 1.29 is 23.5 Å². The first-order chi connectivity index (χ1) is 17.5. The molecular weight excluding hydrogens is 464 g/mol. The van der Waals surface area contributed by atoms with Crippen LogP contribution in [0.25, 0.3) is 16.8 Å². The fourth-order valence-electron chi connectivity index (χ4n) is 6.99. The van der Waals surface area contributed by atoms with Crippen LogP contribution in [0.1, 0.15) is 70.1 Å². The fourth-order valence-corrected chi connectivity index (χ4v) is 6.99. The maximum absolute atomic E-state index is 13.7. The van der Waals surface area contributed by atoms with Gasteiger partial charge in [0.25, 0.3) is 0 Å². The Labute approximate surface area is 216 Å². The fraction of sp³-hybridized carbons (Fsp3) is 0.344. The van der Waals surface area contributed by atoms with E-state index in [0.717, 1.165) is 44.2 Å². The number of ether oxygens (including phenoxy) is 1. The van der Waals surface area contributed by atoms with Gasteiger partial charge in [0.1, 0.15) is 11.5 Å². The van der Waals surface area contributed by atoms with Crippen LogP contribution < -0.4 is 4.74 Å². The van der Waals surface area contributed by atoms with Gasteiger partial charge in [0.05, 0.1) is 18.9 Å². The molecule has 0 bridgehead atoms. The molecule has 0 spiro atoms. The van der Waals surface area contributed by atoms with Crippen molar-refractivity contribution in [2.24, 2.45) is 11.3 Å². The van der Waals surface area contributed by atoms with Crippen LogP contribution in [0.2, 0.25) is 0 Å². The average Bonchev–Trinajstić information content (AvgIpc) is 3.44. The van der Waals surface area contributed by atoms with Gasteiger partial charge < -0.3 is 9.15 Å². The Hall–Kier alpha value is -3.73. The predicted octanol–water partition coefficient (Wildman–Crippen LogP) is 6.70. The van der Waals surface area contributed by atoms with E-state index in [1.165, 1.54) is 6.92 Å². The molecule has 3 aromatic rings. The highest BCUT2D eigenvalue weighted by molar-refractivity contribution is 6.15. The van der Waals surface area contributed by atoms with Gasteiger partial charge in [-0.05, 0) is 29.0 Å². The molecule has 0 saturated carbocycles. The second-order valence-electron chi connectivity index (χ2n) is 11.8. The maximum atomic E-state index is 13.7. The molecule has 0 saturated heterocycles. The van der Waals surface area contributed by atoms with E-state index in [1.807, 2.05) is 24.3 Å². The SMILES string of the molecule is CC(=O)Oc1cc2cocc2c2c1C=C1C2C2=C(CC1(C)C)C(C(C)(C)c1ccccc1)C(=O)CC2=O. The van der Waals surface area contributed by atoms with E-state index in [0.29, 0.717) is 12.2 Å². The van der Waals surface area contributed by atoms with Crippen molar-refractivity contribution in [2.45, 2.75) is 58.8 Å². The monoisotopic (exact) mass is 494 g/mol. The summed E-state index contributed by atoms with van der Waals surface area (Å²) in [5.74, 6) is -0.753. The molecule has 6 rings (SSSR count). The van der Waals surface area contributed by atoms with Crippen molar-refractivity contribution in [1.82, 2.24) is 0 Å². The number of benzene rings is 2. The number of ketones is 2. The zero-order valence-corrected chi connectivity index (χ0v) is 21.8. The van der Waals surface area contributed by atoms with Crippen molar-refractivity contribution in [3.8, 4) is 5.75 Å². The zero-order valence-electron chi connectivity index (χ0n) is 21.8. The van der Waals surface area contributed by atoms with Crippen LogP contribution in [0.5, 0.6) is 5.75 Å². The minimum Gasteiger partial charge on any atom is -0.471 e. The van der Waals surface area contributed by atoms with Crippen LogP contribution in [0.4, 0.5) is 0 Å². The summed E-state index contributed by atoms with van der Waals surface area (Å²) in [6.45, 7) is 9.96. The lowest BCUT2D eigenvalue weighted by molar-refractivity contribution is -0.132. The molecule has 2 unspecified atom stereocenters. The van der Waals surface area contributed by atoms with Gasteiger partial charge in [0, 0.05) is 46.1 Å². The van der Waals surface area contributed by atoms with Gasteiger partial charge in [-0.15, -0.1) is 0 Å². The molecule has 0 N–H and O–H groups in total. The number of esters is 1. The molecule has 0 radical (unpaired) electrons. The van der Waals surface area contributed by atoms with Gasteiger partial charge in [-0.2, -0.15) is 0 Å². The third kappa shape index (κ3) is 3.40. The minimum atomic E-state index is -0.483. The Balaban J connectivity index is 1.63. The first-order valence-electron chi connectivity index (χ1n) is 12.8. The Bertz CT molecular complexity index is 1560. The number of fused-ring (bicyclic) bond motifs is 6. The van der Waals surface area contributed by atoms with Crippen molar-refractivity contribution in [2.75, 3.05) is 0 Å². The van der Waals surface area contributed by atoms with Gasteiger partial charge >= 0.3 is 5.97 Å². The number of furan rings is 1. The molecule has 37 heavy (non-hydrogen) atoms. The lowest BCUT2D eigenvalue weighted by Gasteiger charge is -2.47. The number of hydrogen-bond donors (Lipinski definition) is 0. The smallest absolute Gasteiger partial charge is 0.308 e. The van der Waals surface area contributed by atoms with Crippen LogP contribution in [0.15, 0.2) is 70.1 Å². The Morgan fingerprint density at radius 2 is 1.84 bits per heavy atom. The topological polar surface area (TPSA) is 73.6 Å². The zero-order chi connectivity index (χ0) is 26.3. The molecule has 1 aromatic heterocycles. The molecule has 0 aliphatic heterocycles. The molecule has 188 valence electrons. The maximum Gasteiger partial charge on any atom is 0.308 e. The Kier molecular flexibility index (Phi) is 5.04. The van der Waals surface area contributed by atoms with Crippen LogP contribution in [-0.4, -0.2) is 17.5 Å². The average molecular weight is 495 g/mol. The van der Waals surface area contributed by atoms with E-state index in [-0.39, 0.29) is 29.3 Å². The minimum absolute atomic E-state index is 0.0128. The lowest BCUT2D eigenvalue weighted by atomic mass is 9.55. The van der Waals surface area contributed by atoms with E-state index in [9.17, 15) is 14.4 Å². The first-order valence-corrected chi connectivity index (χ1v) is 12.8. The van der Waals surface area contributed by atoms with E-state index in [1.54, 1.807) is 12.5 Å². The van der Waals surface area contributed by atoms with Gasteiger partial charge in [0.15, 0.2) is 5.78 Å². The lowest BCUT2D eigenvalue weighted by Crippen LogP contribution is -2.45. The number of Topliss-reactive ketones (excluding diaryl/α,β-unsaturated/α-hetero) is 2. The molecule has 2 atom stereocenters. The van der Waals surface area contributed by atoms with E-state index in [2.05, 4.69) is 45.9 Å². The van der Waals surface area contributed by atoms with Crippen molar-refractivity contribution in [3.63, 3.8) is 0 Å². The Morgan fingerprint density at radius 3 is 2.54 bits per heavy atom. The second-order valence-corrected chi connectivity index (χ2v) is 11.8. The molecule has 0 amide bonds. The summed E-state index contributed by atoms with van der Waals surface area (Å²) in [5, 5.41) is 1.71. The number of allylic oxidation sites excluding steroid dienone is 3. The molecule has 5 heteroatoms. The quantitative estimate of drug-likeness (QED) is 0.230. The van der Waals surface area contributed by atoms with Crippen molar-refractivity contribution in [3.05, 3.63) is 82.3 Å². The molecule has 1 heterocycles. The van der Waals surface area contributed by atoms with Crippen LogP contribution in [-0.2, 0) is 19.8 Å². The van der Waals surface area contributed by atoms with E-state index >= 15 is 0 Å². The van der Waals surface area contributed by atoms with Gasteiger partial charge in [-0.25, -0.2) is 0 Å². The van der Waals surface area contributed by atoms with Crippen molar-refractivity contribution >= 4 is 34.4 Å². The summed E-state index contributed by atoms with van der Waals surface area (Å²) in [5.41, 5.74) is 4.83. The van der Waals surface area contributed by atoms with Gasteiger partial charge in [-0.3, -0.25) is 14.4 Å². The molecular formula is C32H30O5. The van der Waals surface area contributed by atoms with Gasteiger partial charge in [0.2, 0.25) is 0 Å². The summed E-state index contributed by atoms with van der Waals surface area (Å²) in [6, 6.07) is 11.9. The number of rotatable bonds is 3. The largest absolute Gasteiger partial charge is 0.471 e. The second kappa shape index (κ2) is 7.88. The highest BCUT2D eigenvalue weighted by atomic mass is 16.5. The predicted molar refractivity (Wildman–Crippen MR) is 141 cm³/mol. The normalized spacial score (nSPS) is 22.5. The summed E-state index contributed by atoms with van der Waals surface area (Å²) in [4.78, 5) is 39.3. The van der Waals surface area contributed by atoms with E-state index < -0.39 is 17.3 Å². The summed E-state index contributed by atoms with van der Waals surface area (Å²) >= 11 is 0. The van der Waals surface area contributed by atoms with E-state index in [4.69, 9.17) is 9.15 Å². The van der Waals surface area contributed by atoms with Crippen molar-refractivity contribution in [1.29, 1.82) is 0 Å². The van der Waals surface area contributed by atoms with Crippen LogP contribution in [0, 0.1) is 11.3 Å². The highest BCUT2D eigenvalue weighted by Gasteiger charge is 2.53. The molecule has 3 aliphatic rings. The molecule has 2 aromatic carbocycles. The van der Waals surface area contributed by atoms with Gasteiger partial charge in [-0.1, -0.05) is 75.2 Å². The van der Waals surface area contributed by atoms with Crippen LogP contribution >= 0.6 is 0 Å². The number of carbonyl (C=O) groups is 3.